The van der Waals surface area contributed by atoms with Crippen LogP contribution in [0.15, 0.2) is 30.3 Å². The van der Waals surface area contributed by atoms with Crippen LogP contribution in [0.1, 0.15) is 50.1 Å². The van der Waals surface area contributed by atoms with Gasteiger partial charge in [-0.25, -0.2) is 0 Å². The van der Waals surface area contributed by atoms with Gasteiger partial charge in [-0.3, -0.25) is 0 Å². The molecule has 1 spiro atoms. The van der Waals surface area contributed by atoms with Gasteiger partial charge in [-0.2, -0.15) is 5.26 Å². The van der Waals surface area contributed by atoms with Crippen molar-refractivity contribution in [2.75, 3.05) is 13.2 Å². The Morgan fingerprint density at radius 2 is 1.86 bits per heavy atom. The normalized spacial score (nSPS) is 22.5. The maximum atomic E-state index is 8.90. The molecule has 1 aromatic carbocycles. The van der Waals surface area contributed by atoms with Crippen molar-refractivity contribution in [2.45, 2.75) is 56.4 Å². The molecule has 22 heavy (non-hydrogen) atoms. The van der Waals surface area contributed by atoms with E-state index in [9.17, 15) is 0 Å². The van der Waals surface area contributed by atoms with Gasteiger partial charge in [-0.05, 0) is 24.8 Å². The Hall–Kier alpha value is -1.41. The van der Waals surface area contributed by atoms with Gasteiger partial charge in [0.1, 0.15) is 0 Å². The standard InChI is InChI=1S/C18H24N2O2/c19-12-4-7-17(15-5-2-1-3-6-15)20-16-8-10-18(11-9-16)21-13-14-22-18/h1-3,5-6,16-17,20H,4,7-11,13-14H2/t17-/m0/s1. The van der Waals surface area contributed by atoms with Crippen LogP contribution < -0.4 is 5.32 Å². The summed E-state index contributed by atoms with van der Waals surface area (Å²) in [5.41, 5.74) is 1.27. The summed E-state index contributed by atoms with van der Waals surface area (Å²) in [6.07, 6.45) is 5.49. The van der Waals surface area contributed by atoms with E-state index in [0.29, 0.717) is 12.5 Å². The van der Waals surface area contributed by atoms with Crippen molar-refractivity contribution in [2.24, 2.45) is 0 Å². The van der Waals surface area contributed by atoms with Crippen LogP contribution in [0.2, 0.25) is 0 Å². The van der Waals surface area contributed by atoms with Gasteiger partial charge in [0.2, 0.25) is 0 Å². The van der Waals surface area contributed by atoms with E-state index < -0.39 is 0 Å². The molecule has 1 heterocycles. The van der Waals surface area contributed by atoms with Crippen molar-refractivity contribution in [3.63, 3.8) is 0 Å². The fraction of sp³-hybridized carbons (Fsp3) is 0.611. The highest BCUT2D eigenvalue weighted by atomic mass is 16.7. The predicted molar refractivity (Wildman–Crippen MR) is 84.1 cm³/mol. The lowest BCUT2D eigenvalue weighted by atomic mass is 9.88. The zero-order valence-electron chi connectivity index (χ0n) is 13.0. The molecule has 1 aromatic rings. The number of nitrogens with one attached hydrogen (secondary N) is 1. The third kappa shape index (κ3) is 3.67. The van der Waals surface area contributed by atoms with Crippen LogP contribution in [0, 0.1) is 11.3 Å². The zero-order chi connectivity index (χ0) is 15.3. The van der Waals surface area contributed by atoms with Gasteiger partial charge in [-0.1, -0.05) is 30.3 Å². The second kappa shape index (κ2) is 7.23. The van der Waals surface area contributed by atoms with Crippen molar-refractivity contribution >= 4 is 0 Å². The summed E-state index contributed by atoms with van der Waals surface area (Å²) in [7, 11) is 0. The van der Waals surface area contributed by atoms with Crippen molar-refractivity contribution in [3.8, 4) is 6.07 Å². The van der Waals surface area contributed by atoms with E-state index in [0.717, 1.165) is 45.3 Å². The van der Waals surface area contributed by atoms with E-state index >= 15 is 0 Å². The molecule has 118 valence electrons. The van der Waals surface area contributed by atoms with Crippen LogP contribution in [0.3, 0.4) is 0 Å². The Kier molecular flexibility index (Phi) is 5.09. The number of nitrogens with zero attached hydrogens (tertiary/aromatic N) is 1. The van der Waals surface area contributed by atoms with Gasteiger partial charge in [0.25, 0.3) is 0 Å². The Balaban J connectivity index is 1.58. The number of rotatable bonds is 5. The van der Waals surface area contributed by atoms with Crippen LogP contribution in [0.25, 0.3) is 0 Å². The predicted octanol–water partition coefficient (Wildman–Crippen LogP) is 3.31. The van der Waals surface area contributed by atoms with E-state index in [4.69, 9.17) is 14.7 Å². The number of ether oxygens (including phenoxy) is 2. The molecule has 1 aliphatic carbocycles. The minimum atomic E-state index is -0.299. The lowest BCUT2D eigenvalue weighted by Crippen LogP contribution is -2.43. The van der Waals surface area contributed by atoms with Crippen molar-refractivity contribution in [1.82, 2.24) is 5.32 Å². The first-order valence-corrected chi connectivity index (χ1v) is 8.27. The van der Waals surface area contributed by atoms with Crippen LogP contribution in [0.5, 0.6) is 0 Å². The molecular formula is C18H24N2O2. The van der Waals surface area contributed by atoms with Crippen LogP contribution in [-0.4, -0.2) is 25.0 Å². The maximum absolute atomic E-state index is 8.90. The first-order chi connectivity index (χ1) is 10.8. The molecule has 1 atom stereocenters. The van der Waals surface area contributed by atoms with Gasteiger partial charge < -0.3 is 14.8 Å². The molecule has 2 fully saturated rings. The lowest BCUT2D eigenvalue weighted by molar-refractivity contribution is -0.179. The molecule has 0 amide bonds. The smallest absolute Gasteiger partial charge is 0.168 e. The summed E-state index contributed by atoms with van der Waals surface area (Å²) < 4.78 is 11.6. The minimum Gasteiger partial charge on any atom is -0.348 e. The molecule has 1 N–H and O–H groups in total. The summed E-state index contributed by atoms with van der Waals surface area (Å²) >= 11 is 0. The first kappa shape index (κ1) is 15.5. The molecule has 0 radical (unpaired) electrons. The topological polar surface area (TPSA) is 54.3 Å². The van der Waals surface area contributed by atoms with Gasteiger partial charge in [0.15, 0.2) is 5.79 Å². The Labute approximate surface area is 132 Å². The SMILES string of the molecule is N#CCC[C@H](NC1CCC2(CC1)OCCO2)c1ccccc1. The molecule has 4 nitrogen and oxygen atoms in total. The fourth-order valence-corrected chi connectivity index (χ4v) is 3.53. The number of hydrogen-bond donors (Lipinski definition) is 1. The summed E-state index contributed by atoms with van der Waals surface area (Å²) in [6.45, 7) is 1.46. The summed E-state index contributed by atoms with van der Waals surface area (Å²) in [5, 5.41) is 12.6. The highest BCUT2D eigenvalue weighted by Crippen LogP contribution is 2.36. The third-order valence-corrected chi connectivity index (χ3v) is 4.74. The number of benzene rings is 1. The van der Waals surface area contributed by atoms with Gasteiger partial charge in [0.05, 0.1) is 19.3 Å². The third-order valence-electron chi connectivity index (χ3n) is 4.74. The maximum Gasteiger partial charge on any atom is 0.168 e. The number of hydrogen-bond acceptors (Lipinski definition) is 4. The molecule has 2 aliphatic rings. The molecule has 0 unspecified atom stereocenters. The second-order valence-corrected chi connectivity index (χ2v) is 6.21. The molecule has 4 heteroatoms. The van der Waals surface area contributed by atoms with Crippen LogP contribution >= 0.6 is 0 Å². The Morgan fingerprint density at radius 1 is 1.18 bits per heavy atom. The average Bonchev–Trinajstić information content (AvgIpc) is 3.02. The van der Waals surface area contributed by atoms with Crippen molar-refractivity contribution in [3.05, 3.63) is 35.9 Å². The summed E-state index contributed by atoms with van der Waals surface area (Å²) in [4.78, 5) is 0. The highest BCUT2D eigenvalue weighted by Gasteiger charge is 2.40. The molecular weight excluding hydrogens is 276 g/mol. The molecule has 1 aliphatic heterocycles. The summed E-state index contributed by atoms with van der Waals surface area (Å²) in [6, 6.07) is 13.4. The summed E-state index contributed by atoms with van der Waals surface area (Å²) in [5.74, 6) is -0.299. The fourth-order valence-electron chi connectivity index (χ4n) is 3.53. The largest absolute Gasteiger partial charge is 0.348 e. The van der Waals surface area contributed by atoms with Crippen molar-refractivity contribution in [1.29, 1.82) is 5.26 Å². The highest BCUT2D eigenvalue weighted by molar-refractivity contribution is 5.19. The quantitative estimate of drug-likeness (QED) is 0.906. The molecule has 0 bridgehead atoms. The van der Waals surface area contributed by atoms with E-state index in [1.807, 2.05) is 6.07 Å². The zero-order valence-corrected chi connectivity index (χ0v) is 13.0. The van der Waals surface area contributed by atoms with E-state index in [2.05, 4.69) is 35.7 Å². The number of nitriles is 1. The van der Waals surface area contributed by atoms with Gasteiger partial charge in [0, 0.05) is 31.3 Å². The second-order valence-electron chi connectivity index (χ2n) is 6.21. The first-order valence-electron chi connectivity index (χ1n) is 8.27. The van der Waals surface area contributed by atoms with Crippen LogP contribution in [0.4, 0.5) is 0 Å². The van der Waals surface area contributed by atoms with Gasteiger partial charge in [-0.15, -0.1) is 0 Å². The molecule has 1 saturated carbocycles. The Bertz CT molecular complexity index is 496. The molecule has 3 rings (SSSR count). The average molecular weight is 300 g/mol. The van der Waals surface area contributed by atoms with E-state index in [1.165, 1.54) is 5.56 Å². The lowest BCUT2D eigenvalue weighted by Gasteiger charge is -2.37. The van der Waals surface area contributed by atoms with Gasteiger partial charge >= 0.3 is 0 Å². The van der Waals surface area contributed by atoms with E-state index in [1.54, 1.807) is 0 Å². The molecule has 1 saturated heterocycles. The Morgan fingerprint density at radius 3 is 2.50 bits per heavy atom. The van der Waals surface area contributed by atoms with E-state index in [-0.39, 0.29) is 11.8 Å². The van der Waals surface area contributed by atoms with Crippen molar-refractivity contribution < 1.29 is 9.47 Å². The minimum absolute atomic E-state index is 0.255. The molecule has 0 aromatic heterocycles. The van der Waals surface area contributed by atoms with Crippen LogP contribution in [-0.2, 0) is 9.47 Å². The monoisotopic (exact) mass is 300 g/mol.